The van der Waals surface area contributed by atoms with Gasteiger partial charge in [0.15, 0.2) is 0 Å². The van der Waals surface area contributed by atoms with Crippen molar-refractivity contribution in [1.82, 2.24) is 0 Å². The second-order valence-electron chi connectivity index (χ2n) is 4.55. The molecule has 1 atom stereocenters. The van der Waals surface area contributed by atoms with E-state index in [0.717, 1.165) is 5.30 Å². The van der Waals surface area contributed by atoms with Crippen molar-refractivity contribution in [2.45, 2.75) is 0 Å². The first kappa shape index (κ1) is 19.2. The van der Waals surface area contributed by atoms with E-state index in [4.69, 9.17) is 9.90 Å². The van der Waals surface area contributed by atoms with Gasteiger partial charge < -0.3 is 19.6 Å². The minimum atomic E-state index is -2.07. The highest BCUT2D eigenvalue weighted by molar-refractivity contribution is 7.61. The van der Waals surface area contributed by atoms with E-state index in [1.807, 2.05) is 43.2 Å². The largest absolute Gasteiger partial charge is 0.508 e. The van der Waals surface area contributed by atoms with E-state index >= 15 is 0 Å². The van der Waals surface area contributed by atoms with Crippen LogP contribution in [0.2, 0.25) is 0 Å². The third kappa shape index (κ3) is 6.11. The maximum Gasteiger partial charge on any atom is 0.135 e. The van der Waals surface area contributed by atoms with Gasteiger partial charge in [-0.25, -0.2) is 0 Å². The first-order valence-electron chi connectivity index (χ1n) is 7.09. The van der Waals surface area contributed by atoms with Crippen LogP contribution in [-0.2, 0) is 9.36 Å². The van der Waals surface area contributed by atoms with Crippen LogP contribution in [0.4, 0.5) is 0 Å². The Labute approximate surface area is 141 Å². The van der Waals surface area contributed by atoms with Gasteiger partial charge in [0.05, 0.1) is 5.30 Å². The van der Waals surface area contributed by atoms with Crippen molar-refractivity contribution in [3.05, 3.63) is 84.9 Å². The number of aromatic hydroxyl groups is 2. The smallest absolute Gasteiger partial charge is 0.135 e. The number of hydrogen-bond acceptors (Lipinski definition) is 4. The lowest BCUT2D eigenvalue weighted by Crippen LogP contribution is -2.06. The molecule has 3 aromatic carbocycles. The lowest BCUT2D eigenvalue weighted by molar-refractivity contribution is -0.0979. The van der Waals surface area contributed by atoms with E-state index < -0.39 is 7.80 Å². The quantitative estimate of drug-likeness (QED) is 0.702. The second kappa shape index (κ2) is 10.8. The van der Waals surface area contributed by atoms with Gasteiger partial charge in [0.25, 0.3) is 0 Å². The number of carbonyl (C=O) groups is 1. The molecule has 3 rings (SSSR count). The number of hydrogen-bond donors (Lipinski definition) is 2. The average Bonchev–Trinajstić information content (AvgIpc) is 2.65. The van der Waals surface area contributed by atoms with Gasteiger partial charge >= 0.3 is 0 Å². The lowest BCUT2D eigenvalue weighted by Gasteiger charge is -2.04. The summed E-state index contributed by atoms with van der Waals surface area (Å²) in [5.41, 5.74) is 0. The van der Waals surface area contributed by atoms with Crippen LogP contribution in [0.3, 0.4) is 0 Å². The van der Waals surface area contributed by atoms with E-state index in [-0.39, 0.29) is 5.75 Å². The van der Waals surface area contributed by atoms with Crippen LogP contribution >= 0.6 is 7.80 Å². The molecule has 0 aliphatic rings. The molecule has 1 unspecified atom stereocenters. The van der Waals surface area contributed by atoms with Crippen LogP contribution in [-0.4, -0.2) is 17.0 Å². The fourth-order valence-corrected chi connectivity index (χ4v) is 3.21. The molecule has 0 saturated heterocycles. The molecule has 0 aromatic heterocycles. The molecule has 0 heterocycles. The SMILES string of the molecule is C=O.O=[PH](c1ccccc1)c1ccccc1O.Oc1ccccc1. The fourth-order valence-electron chi connectivity index (χ4n) is 1.84. The van der Waals surface area contributed by atoms with Crippen molar-refractivity contribution >= 4 is 25.2 Å². The number of rotatable bonds is 2. The zero-order valence-electron chi connectivity index (χ0n) is 13.0. The molecule has 24 heavy (non-hydrogen) atoms. The van der Waals surface area contributed by atoms with Gasteiger partial charge in [0, 0.05) is 5.30 Å². The topological polar surface area (TPSA) is 74.6 Å². The Morgan fingerprint density at radius 2 is 1.12 bits per heavy atom. The van der Waals surface area contributed by atoms with E-state index in [9.17, 15) is 9.67 Å². The molecule has 3 aromatic rings. The highest BCUT2D eigenvalue weighted by atomic mass is 31.1. The third-order valence-corrected chi connectivity index (χ3v) is 4.71. The number of benzene rings is 3. The van der Waals surface area contributed by atoms with Gasteiger partial charge in [-0.15, -0.1) is 0 Å². The van der Waals surface area contributed by atoms with E-state index in [0.29, 0.717) is 11.1 Å². The Balaban J connectivity index is 0.000000268. The molecular formula is C19H19O4P. The van der Waals surface area contributed by atoms with Crippen molar-refractivity contribution in [2.24, 2.45) is 0 Å². The summed E-state index contributed by atoms with van der Waals surface area (Å²) in [7, 11) is -2.07. The summed E-state index contributed by atoms with van der Waals surface area (Å²) in [5.74, 6) is 0.424. The van der Waals surface area contributed by atoms with Gasteiger partial charge in [0.2, 0.25) is 0 Å². The Morgan fingerprint density at radius 3 is 1.58 bits per heavy atom. The summed E-state index contributed by atoms with van der Waals surface area (Å²) in [6, 6.07) is 24.7. The minimum absolute atomic E-state index is 0.102. The van der Waals surface area contributed by atoms with Crippen molar-refractivity contribution in [3.8, 4) is 11.5 Å². The van der Waals surface area contributed by atoms with Gasteiger partial charge in [-0.05, 0) is 24.3 Å². The van der Waals surface area contributed by atoms with Crippen LogP contribution in [0.25, 0.3) is 0 Å². The Kier molecular flexibility index (Phi) is 8.65. The monoisotopic (exact) mass is 342 g/mol. The molecule has 0 aliphatic heterocycles. The molecule has 0 aliphatic carbocycles. The Morgan fingerprint density at radius 1 is 0.667 bits per heavy atom. The third-order valence-electron chi connectivity index (χ3n) is 2.94. The van der Waals surface area contributed by atoms with Gasteiger partial charge in [-0.3, -0.25) is 0 Å². The predicted octanol–water partition coefficient (Wildman–Crippen LogP) is 3.11. The first-order valence-corrected chi connectivity index (χ1v) is 8.50. The summed E-state index contributed by atoms with van der Waals surface area (Å²) in [6.45, 7) is 2.00. The summed E-state index contributed by atoms with van der Waals surface area (Å²) in [6.07, 6.45) is 0. The lowest BCUT2D eigenvalue weighted by atomic mass is 10.3. The van der Waals surface area contributed by atoms with Crippen LogP contribution < -0.4 is 10.6 Å². The van der Waals surface area contributed by atoms with Crippen molar-refractivity contribution < 1.29 is 19.6 Å². The molecule has 5 heteroatoms. The molecule has 0 saturated carbocycles. The molecular weight excluding hydrogens is 323 g/mol. The maximum absolute atomic E-state index is 12.1. The minimum Gasteiger partial charge on any atom is -0.508 e. The van der Waals surface area contributed by atoms with Gasteiger partial charge in [0.1, 0.15) is 26.1 Å². The first-order chi connectivity index (χ1) is 11.7. The van der Waals surface area contributed by atoms with Crippen LogP contribution in [0.15, 0.2) is 84.9 Å². The second-order valence-corrected chi connectivity index (χ2v) is 6.32. The molecule has 0 spiro atoms. The molecule has 0 radical (unpaired) electrons. The Bertz CT molecular complexity index is 746. The number of para-hydroxylation sites is 2. The standard InChI is InChI=1S/C12H11O2P.C6H6O.CH2O/c13-11-8-4-5-9-12(11)15(14)10-6-2-1-3-7-10;7-6-4-2-1-3-5-6;1-2/h1-9,13,15H;1-5,7H;1H2. The summed E-state index contributed by atoms with van der Waals surface area (Å²) in [5, 5.41) is 19.5. The van der Waals surface area contributed by atoms with Crippen molar-refractivity contribution in [3.63, 3.8) is 0 Å². The van der Waals surface area contributed by atoms with E-state index in [2.05, 4.69) is 0 Å². The van der Waals surface area contributed by atoms with Gasteiger partial charge in [-0.1, -0.05) is 60.7 Å². The molecule has 0 amide bonds. The van der Waals surface area contributed by atoms with Crippen LogP contribution in [0.5, 0.6) is 11.5 Å². The number of phenolic OH excluding ortho intramolecular Hbond substituents is 2. The zero-order chi connectivity index (χ0) is 17.8. The molecule has 0 fully saturated rings. The maximum atomic E-state index is 12.1. The molecule has 0 bridgehead atoms. The summed E-state index contributed by atoms with van der Waals surface area (Å²) >= 11 is 0. The van der Waals surface area contributed by atoms with Crippen LogP contribution in [0, 0.1) is 0 Å². The number of carbonyl (C=O) groups excluding carboxylic acids is 1. The highest BCUT2D eigenvalue weighted by Crippen LogP contribution is 2.24. The normalized spacial score (nSPS) is 10.3. The molecule has 4 nitrogen and oxygen atoms in total. The van der Waals surface area contributed by atoms with Gasteiger partial charge in [-0.2, -0.15) is 0 Å². The summed E-state index contributed by atoms with van der Waals surface area (Å²) < 4.78 is 12.1. The Hall–Kier alpha value is -2.84. The van der Waals surface area contributed by atoms with Crippen LogP contribution in [0.1, 0.15) is 0 Å². The highest BCUT2D eigenvalue weighted by Gasteiger charge is 2.09. The fraction of sp³-hybridized carbons (Fsp3) is 0. The van der Waals surface area contributed by atoms with E-state index in [1.54, 1.807) is 48.5 Å². The molecule has 124 valence electrons. The van der Waals surface area contributed by atoms with E-state index in [1.165, 1.54) is 0 Å². The molecule has 2 N–H and O–H groups in total. The van der Waals surface area contributed by atoms with Crippen molar-refractivity contribution in [1.29, 1.82) is 0 Å². The summed E-state index contributed by atoms with van der Waals surface area (Å²) in [4.78, 5) is 8.00. The zero-order valence-corrected chi connectivity index (χ0v) is 14.0. The average molecular weight is 342 g/mol. The predicted molar refractivity (Wildman–Crippen MR) is 98.0 cm³/mol. The number of phenols is 2. The van der Waals surface area contributed by atoms with Crippen molar-refractivity contribution in [2.75, 3.05) is 0 Å².